The summed E-state index contributed by atoms with van der Waals surface area (Å²) in [7, 11) is 0. The molecule has 0 radical (unpaired) electrons. The number of Topliss-reactive ketones (excluding diaryl/α,β-unsaturated/α-hetero) is 1. The largest absolute Gasteiger partial charge is 0.306 e. The van der Waals surface area contributed by atoms with E-state index < -0.39 is 0 Å². The summed E-state index contributed by atoms with van der Waals surface area (Å²) in [4.78, 5) is 12.4. The third-order valence-electron chi connectivity index (χ3n) is 2.70. The van der Waals surface area contributed by atoms with Gasteiger partial charge >= 0.3 is 0 Å². The first-order valence-electron chi connectivity index (χ1n) is 5.80. The summed E-state index contributed by atoms with van der Waals surface area (Å²) >= 11 is 7.85. The molecule has 0 aliphatic carbocycles. The van der Waals surface area contributed by atoms with Crippen molar-refractivity contribution in [1.29, 1.82) is 0 Å². The van der Waals surface area contributed by atoms with Crippen LogP contribution >= 0.6 is 23.4 Å². The van der Waals surface area contributed by atoms with Crippen LogP contribution in [0.2, 0.25) is 5.02 Å². The zero-order valence-corrected chi connectivity index (χ0v) is 11.4. The van der Waals surface area contributed by atoms with Crippen LogP contribution in [0.15, 0.2) is 6.20 Å². The van der Waals surface area contributed by atoms with Crippen molar-refractivity contribution in [1.82, 2.24) is 15.1 Å². The highest BCUT2D eigenvalue weighted by atomic mass is 35.5. The molecular weight excluding hydrogens is 258 g/mol. The van der Waals surface area contributed by atoms with Crippen molar-refractivity contribution < 1.29 is 4.79 Å². The van der Waals surface area contributed by atoms with Gasteiger partial charge in [0.2, 0.25) is 0 Å². The lowest BCUT2D eigenvalue weighted by Gasteiger charge is -2.22. The molecule has 0 amide bonds. The molecule has 0 saturated carbocycles. The summed E-state index contributed by atoms with van der Waals surface area (Å²) in [5.74, 6) is 1.94. The van der Waals surface area contributed by atoms with Gasteiger partial charge in [0.15, 0.2) is 5.78 Å². The van der Waals surface area contributed by atoms with Crippen LogP contribution in [0, 0.1) is 0 Å². The van der Waals surface area contributed by atoms with E-state index in [1.54, 1.807) is 22.6 Å². The number of rotatable bonds is 4. The Morgan fingerprint density at radius 2 is 2.59 bits per heavy atom. The maximum absolute atomic E-state index is 12.4. The first-order chi connectivity index (χ1) is 8.24. The van der Waals surface area contributed by atoms with Crippen molar-refractivity contribution >= 4 is 29.1 Å². The highest BCUT2D eigenvalue weighted by Crippen LogP contribution is 2.20. The number of aryl methyl sites for hydroxylation is 1. The van der Waals surface area contributed by atoms with Gasteiger partial charge in [0, 0.05) is 24.6 Å². The molecule has 0 bridgehead atoms. The van der Waals surface area contributed by atoms with Gasteiger partial charge in [-0.3, -0.25) is 9.48 Å². The molecule has 17 heavy (non-hydrogen) atoms. The highest BCUT2D eigenvalue weighted by molar-refractivity contribution is 7.99. The molecule has 4 nitrogen and oxygen atoms in total. The Labute approximate surface area is 110 Å². The van der Waals surface area contributed by atoms with E-state index in [0.29, 0.717) is 10.7 Å². The van der Waals surface area contributed by atoms with Crippen molar-refractivity contribution in [3.05, 3.63) is 16.9 Å². The van der Waals surface area contributed by atoms with Gasteiger partial charge in [-0.2, -0.15) is 16.9 Å². The topological polar surface area (TPSA) is 46.9 Å². The standard InChI is InChI=1S/C11H16ClN3OS/c1-2-4-15-10(8(12)6-14-15)11(16)9-7-17-5-3-13-9/h6,9,13H,2-5,7H2,1H3. The van der Waals surface area contributed by atoms with Crippen LogP contribution in [-0.4, -0.2) is 39.7 Å². The zero-order chi connectivity index (χ0) is 12.3. The molecule has 94 valence electrons. The van der Waals surface area contributed by atoms with Gasteiger partial charge in [-0.1, -0.05) is 18.5 Å². The minimum atomic E-state index is -0.126. The molecule has 2 rings (SSSR count). The zero-order valence-electron chi connectivity index (χ0n) is 9.78. The van der Waals surface area contributed by atoms with E-state index in [4.69, 9.17) is 11.6 Å². The fraction of sp³-hybridized carbons (Fsp3) is 0.636. The fourth-order valence-electron chi connectivity index (χ4n) is 1.89. The third kappa shape index (κ3) is 2.84. The number of carbonyl (C=O) groups excluding carboxylic acids is 1. The molecule has 0 aromatic carbocycles. The first-order valence-corrected chi connectivity index (χ1v) is 7.34. The van der Waals surface area contributed by atoms with Gasteiger partial charge in [-0.05, 0) is 6.42 Å². The minimum absolute atomic E-state index is 0.0631. The normalized spacial score (nSPS) is 20.5. The number of carbonyl (C=O) groups is 1. The van der Waals surface area contributed by atoms with Crippen LogP contribution in [0.25, 0.3) is 0 Å². The number of aromatic nitrogens is 2. The summed E-state index contributed by atoms with van der Waals surface area (Å²) < 4.78 is 1.71. The maximum Gasteiger partial charge on any atom is 0.200 e. The molecule has 1 aliphatic rings. The van der Waals surface area contributed by atoms with Gasteiger partial charge < -0.3 is 5.32 Å². The molecule has 2 heterocycles. The molecule has 6 heteroatoms. The number of halogens is 1. The van der Waals surface area contributed by atoms with Crippen molar-refractivity contribution in [2.45, 2.75) is 25.9 Å². The molecule has 1 unspecified atom stereocenters. The second-order valence-corrected chi connectivity index (χ2v) is 5.57. The maximum atomic E-state index is 12.4. The number of ketones is 1. The average Bonchev–Trinajstić information content (AvgIpc) is 2.71. The Morgan fingerprint density at radius 1 is 1.76 bits per heavy atom. The van der Waals surface area contributed by atoms with Gasteiger partial charge in [0.25, 0.3) is 0 Å². The molecule has 1 fully saturated rings. The van der Waals surface area contributed by atoms with Crippen LogP contribution in [0.5, 0.6) is 0 Å². The van der Waals surface area contributed by atoms with E-state index in [0.717, 1.165) is 31.0 Å². The molecule has 1 atom stereocenters. The molecule has 1 N–H and O–H groups in total. The molecule has 1 aromatic rings. The Bertz CT molecular complexity index is 401. The number of nitrogens with one attached hydrogen (secondary N) is 1. The van der Waals surface area contributed by atoms with E-state index in [1.165, 1.54) is 0 Å². The predicted molar refractivity (Wildman–Crippen MR) is 71.0 cm³/mol. The van der Waals surface area contributed by atoms with E-state index in [-0.39, 0.29) is 11.8 Å². The Hall–Kier alpha value is -0.520. The number of hydrogen-bond donors (Lipinski definition) is 1. The van der Waals surface area contributed by atoms with Crippen molar-refractivity contribution in [3.8, 4) is 0 Å². The smallest absolute Gasteiger partial charge is 0.200 e. The second-order valence-electron chi connectivity index (χ2n) is 4.01. The first kappa shape index (κ1) is 12.9. The van der Waals surface area contributed by atoms with Crippen molar-refractivity contribution in [2.75, 3.05) is 18.1 Å². The summed E-state index contributed by atoms with van der Waals surface area (Å²) in [5.41, 5.74) is 0.550. The Morgan fingerprint density at radius 3 is 3.24 bits per heavy atom. The highest BCUT2D eigenvalue weighted by Gasteiger charge is 2.27. The molecule has 1 aromatic heterocycles. The van der Waals surface area contributed by atoms with E-state index in [9.17, 15) is 4.79 Å². The van der Waals surface area contributed by atoms with Gasteiger partial charge in [0.05, 0.1) is 17.3 Å². The molecule has 0 spiro atoms. The summed E-state index contributed by atoms with van der Waals surface area (Å²) in [6.07, 6.45) is 2.49. The van der Waals surface area contributed by atoms with Crippen molar-refractivity contribution in [3.63, 3.8) is 0 Å². The quantitative estimate of drug-likeness (QED) is 0.851. The Kier molecular flexibility index (Phi) is 4.48. The summed E-state index contributed by atoms with van der Waals surface area (Å²) in [5, 5.41) is 7.84. The second kappa shape index (κ2) is 5.89. The lowest BCUT2D eigenvalue weighted by Crippen LogP contribution is -2.44. The summed E-state index contributed by atoms with van der Waals surface area (Å²) in [6.45, 7) is 3.66. The fourth-order valence-corrected chi connectivity index (χ4v) is 3.06. The van der Waals surface area contributed by atoms with Gasteiger partial charge in [-0.25, -0.2) is 0 Å². The average molecular weight is 274 g/mol. The molecule has 1 saturated heterocycles. The molecule has 1 aliphatic heterocycles. The van der Waals surface area contributed by atoms with Crippen LogP contribution in [0.4, 0.5) is 0 Å². The number of hydrogen-bond acceptors (Lipinski definition) is 4. The minimum Gasteiger partial charge on any atom is -0.306 e. The van der Waals surface area contributed by atoms with Crippen LogP contribution in [0.3, 0.4) is 0 Å². The van der Waals surface area contributed by atoms with Crippen molar-refractivity contribution in [2.24, 2.45) is 0 Å². The van der Waals surface area contributed by atoms with Gasteiger partial charge in [-0.15, -0.1) is 0 Å². The van der Waals surface area contributed by atoms with E-state index in [1.807, 2.05) is 0 Å². The molecular formula is C11H16ClN3OS. The van der Waals surface area contributed by atoms with Crippen LogP contribution in [-0.2, 0) is 6.54 Å². The van der Waals surface area contributed by atoms with E-state index >= 15 is 0 Å². The van der Waals surface area contributed by atoms with Crippen LogP contribution in [0.1, 0.15) is 23.8 Å². The van der Waals surface area contributed by atoms with Gasteiger partial charge in [0.1, 0.15) is 5.69 Å². The van der Waals surface area contributed by atoms with Crippen LogP contribution < -0.4 is 5.32 Å². The number of nitrogens with zero attached hydrogens (tertiary/aromatic N) is 2. The number of thioether (sulfide) groups is 1. The summed E-state index contributed by atoms with van der Waals surface area (Å²) in [6, 6.07) is -0.126. The monoisotopic (exact) mass is 273 g/mol. The lowest BCUT2D eigenvalue weighted by atomic mass is 10.1. The lowest BCUT2D eigenvalue weighted by molar-refractivity contribution is 0.0942. The predicted octanol–water partition coefficient (Wildman–Crippen LogP) is 1.83. The third-order valence-corrected chi connectivity index (χ3v) is 4.04. The SMILES string of the molecule is CCCn1ncc(Cl)c1C(=O)C1CSCCN1. The Balaban J connectivity index is 2.19. The van der Waals surface area contributed by atoms with E-state index in [2.05, 4.69) is 17.3 Å².